The summed E-state index contributed by atoms with van der Waals surface area (Å²) in [6.07, 6.45) is 8.17. The van der Waals surface area contributed by atoms with Gasteiger partial charge in [-0.1, -0.05) is 23.9 Å². The quantitative estimate of drug-likeness (QED) is 0.605. The van der Waals surface area contributed by atoms with Crippen LogP contribution in [-0.2, 0) is 24.6 Å². The van der Waals surface area contributed by atoms with Crippen LogP contribution in [0.4, 0.5) is 0 Å². The van der Waals surface area contributed by atoms with Gasteiger partial charge in [-0.25, -0.2) is 0 Å². The van der Waals surface area contributed by atoms with Gasteiger partial charge in [-0.05, 0) is 67.6 Å². The van der Waals surface area contributed by atoms with Crippen LogP contribution in [0, 0.1) is 0 Å². The van der Waals surface area contributed by atoms with Gasteiger partial charge >= 0.3 is 0 Å². The first-order valence-corrected chi connectivity index (χ1v) is 11.5. The van der Waals surface area contributed by atoms with Crippen LogP contribution in [0.2, 0.25) is 0 Å². The Labute approximate surface area is 153 Å². The Balaban J connectivity index is 1.76. The summed E-state index contributed by atoms with van der Waals surface area (Å²) >= 11 is 6.02. The molecule has 6 heteroatoms. The lowest BCUT2D eigenvalue weighted by Crippen LogP contribution is -2.10. The second kappa shape index (κ2) is 8.52. The van der Waals surface area contributed by atoms with Crippen molar-refractivity contribution in [2.24, 2.45) is 0 Å². The number of nitrogens with zero attached hydrogens (tertiary/aromatic N) is 2. The molecule has 1 atom stereocenters. The van der Waals surface area contributed by atoms with Crippen molar-refractivity contribution in [3.63, 3.8) is 0 Å². The maximum atomic E-state index is 10.9. The molecule has 0 saturated heterocycles. The molecule has 0 amide bonds. The van der Waals surface area contributed by atoms with E-state index < -0.39 is 11.9 Å². The number of furan rings is 1. The summed E-state index contributed by atoms with van der Waals surface area (Å²) in [5, 5.41) is 10.9. The Morgan fingerprint density at radius 2 is 1.52 bits per heavy atom. The van der Waals surface area contributed by atoms with Crippen LogP contribution in [0.1, 0.15) is 23.0 Å². The topological polar surface area (TPSA) is 59.2 Å². The number of aliphatic hydroxyl groups excluding tert-OH is 1. The molecule has 25 heavy (non-hydrogen) atoms. The normalized spacial score (nSPS) is 12.8. The Bertz CT molecular complexity index is 762. The molecule has 1 unspecified atom stereocenters. The van der Waals surface area contributed by atoms with E-state index >= 15 is 0 Å². The zero-order chi connectivity index (χ0) is 17.5. The maximum absolute atomic E-state index is 10.9. The lowest BCUT2D eigenvalue weighted by Gasteiger charge is -2.26. The van der Waals surface area contributed by atoms with E-state index in [1.54, 1.807) is 30.8 Å². The fourth-order valence-corrected chi connectivity index (χ4v) is 6.12. The summed E-state index contributed by atoms with van der Waals surface area (Å²) in [7, 11) is 0. The van der Waals surface area contributed by atoms with Crippen LogP contribution in [0.3, 0.4) is 0 Å². The smallest absolute Gasteiger partial charge is 0.139 e. The van der Waals surface area contributed by atoms with Crippen LogP contribution in [-0.4, -0.2) is 27.4 Å². The number of hydrogen-bond donors (Lipinski definition) is 1. The third-order valence-corrected chi connectivity index (χ3v) is 8.99. The molecule has 3 rings (SSSR count). The molecule has 1 N–H and O–H groups in total. The Morgan fingerprint density at radius 3 is 1.96 bits per heavy atom. The second-order valence-corrected chi connectivity index (χ2v) is 11.4. The van der Waals surface area contributed by atoms with E-state index in [2.05, 4.69) is 9.97 Å². The highest BCUT2D eigenvalue weighted by Crippen LogP contribution is 2.58. The summed E-state index contributed by atoms with van der Waals surface area (Å²) in [4.78, 5) is 8.75. The lowest BCUT2D eigenvalue weighted by molar-refractivity contribution is 0.229. The van der Waals surface area contributed by atoms with Crippen molar-refractivity contribution in [2.75, 3.05) is 12.3 Å². The van der Waals surface area contributed by atoms with Gasteiger partial charge in [-0.2, -0.15) is 0 Å². The Kier molecular flexibility index (Phi) is 6.14. The Hall–Kier alpha value is -1.81. The van der Waals surface area contributed by atoms with Gasteiger partial charge in [0.2, 0.25) is 0 Å². The summed E-state index contributed by atoms with van der Waals surface area (Å²) in [5.74, 6) is -0.171. The van der Waals surface area contributed by atoms with Crippen molar-refractivity contribution in [3.05, 3.63) is 84.3 Å². The molecule has 0 aliphatic heterocycles. The van der Waals surface area contributed by atoms with Gasteiger partial charge < -0.3 is 9.52 Å². The highest BCUT2D eigenvalue weighted by molar-refractivity contribution is 8.14. The van der Waals surface area contributed by atoms with E-state index in [4.69, 9.17) is 16.2 Å². The molecule has 0 aliphatic carbocycles. The van der Waals surface area contributed by atoms with Crippen molar-refractivity contribution >= 4 is 17.8 Å². The summed E-state index contributed by atoms with van der Waals surface area (Å²) in [6.45, 7) is 0. The molecule has 0 saturated carbocycles. The molecule has 0 aromatic carbocycles. The lowest BCUT2D eigenvalue weighted by atomic mass is 10.3. The molecule has 4 nitrogen and oxygen atoms in total. The van der Waals surface area contributed by atoms with Crippen LogP contribution in [0.5, 0.6) is 0 Å². The molecule has 130 valence electrons. The predicted octanol–water partition coefficient (Wildman–Crippen LogP) is 4.03. The third-order valence-electron chi connectivity index (χ3n) is 4.19. The highest BCUT2D eigenvalue weighted by Gasteiger charge is 2.30. The summed E-state index contributed by atoms with van der Waals surface area (Å²) in [5.41, 5.74) is 2.00. The van der Waals surface area contributed by atoms with E-state index in [-0.39, 0.29) is 0 Å². The fraction of sp³-hybridized carbons (Fsp3) is 0.263. The first-order chi connectivity index (χ1) is 12.2. The number of aromatic nitrogens is 2. The SMILES string of the molecule is OC(c1ccco1)P(=S)(CCc1ccccn1)CCc1ccccn1. The molecule has 0 radical (unpaired) electrons. The van der Waals surface area contributed by atoms with Gasteiger partial charge in [-0.3, -0.25) is 9.97 Å². The molecule has 0 spiro atoms. The number of pyridine rings is 2. The van der Waals surface area contributed by atoms with Gasteiger partial charge in [0.15, 0.2) is 0 Å². The average Bonchev–Trinajstić information content (AvgIpc) is 3.20. The van der Waals surface area contributed by atoms with E-state index in [0.29, 0.717) is 5.76 Å². The third kappa shape index (κ3) is 4.85. The average molecular weight is 372 g/mol. The number of aliphatic hydroxyl groups is 1. The molecular formula is C19H21N2O2PS. The summed E-state index contributed by atoms with van der Waals surface area (Å²) in [6, 6.07) is 13.2. The van der Waals surface area contributed by atoms with Crippen LogP contribution < -0.4 is 0 Å². The number of rotatable bonds is 8. The zero-order valence-electron chi connectivity index (χ0n) is 13.9. The van der Waals surface area contributed by atoms with Crippen molar-refractivity contribution in [3.8, 4) is 0 Å². The minimum atomic E-state index is -2.11. The van der Waals surface area contributed by atoms with Crippen molar-refractivity contribution in [1.29, 1.82) is 0 Å². The van der Waals surface area contributed by atoms with E-state index in [1.165, 1.54) is 0 Å². The minimum Gasteiger partial charge on any atom is -0.466 e. The zero-order valence-corrected chi connectivity index (χ0v) is 15.6. The van der Waals surface area contributed by atoms with Gasteiger partial charge in [0.05, 0.1) is 6.26 Å². The number of aryl methyl sites for hydroxylation is 2. The van der Waals surface area contributed by atoms with Crippen LogP contribution >= 0.6 is 6.04 Å². The van der Waals surface area contributed by atoms with Gasteiger partial charge in [-0.15, -0.1) is 0 Å². The van der Waals surface area contributed by atoms with Gasteiger partial charge in [0, 0.05) is 23.8 Å². The molecule has 0 aliphatic rings. The molecular weight excluding hydrogens is 351 g/mol. The van der Waals surface area contributed by atoms with E-state index in [0.717, 1.165) is 36.6 Å². The van der Waals surface area contributed by atoms with E-state index in [1.807, 2.05) is 36.4 Å². The van der Waals surface area contributed by atoms with Crippen molar-refractivity contribution < 1.29 is 9.52 Å². The Morgan fingerprint density at radius 1 is 0.920 bits per heavy atom. The monoisotopic (exact) mass is 372 g/mol. The van der Waals surface area contributed by atoms with Crippen LogP contribution in [0.25, 0.3) is 0 Å². The first-order valence-electron chi connectivity index (χ1n) is 8.26. The maximum Gasteiger partial charge on any atom is 0.139 e. The van der Waals surface area contributed by atoms with Gasteiger partial charge in [0.1, 0.15) is 11.6 Å². The van der Waals surface area contributed by atoms with Crippen LogP contribution in [0.15, 0.2) is 71.6 Å². The molecule has 3 aromatic rings. The predicted molar refractivity (Wildman–Crippen MR) is 104 cm³/mol. The van der Waals surface area contributed by atoms with E-state index in [9.17, 15) is 5.11 Å². The fourth-order valence-electron chi connectivity index (χ4n) is 2.73. The summed E-state index contributed by atoms with van der Waals surface area (Å²) < 4.78 is 5.43. The first kappa shape index (κ1) is 18.0. The molecule has 0 bridgehead atoms. The standard InChI is InChI=1S/C19H21N2O2PS/c22-19(18-8-5-13-23-18)24(25,14-9-16-6-1-3-11-20-16)15-10-17-7-2-4-12-21-17/h1-8,11-13,19,22H,9-10,14-15H2. The van der Waals surface area contributed by atoms with Gasteiger partial charge in [0.25, 0.3) is 0 Å². The minimum absolute atomic E-state index is 0.561. The second-order valence-electron chi connectivity index (χ2n) is 5.93. The van der Waals surface area contributed by atoms with Crippen molar-refractivity contribution in [1.82, 2.24) is 9.97 Å². The number of hydrogen-bond acceptors (Lipinski definition) is 5. The van der Waals surface area contributed by atoms with Crippen molar-refractivity contribution in [2.45, 2.75) is 18.7 Å². The molecule has 3 heterocycles. The largest absolute Gasteiger partial charge is 0.466 e. The molecule has 3 aromatic heterocycles. The highest BCUT2D eigenvalue weighted by atomic mass is 32.4. The molecule has 0 fully saturated rings.